The molecule has 1 atom stereocenters. The van der Waals surface area contributed by atoms with Crippen LogP contribution in [0.3, 0.4) is 0 Å². The van der Waals surface area contributed by atoms with Crippen LogP contribution in [0.2, 0.25) is 0 Å². The fourth-order valence-corrected chi connectivity index (χ4v) is 2.61. The number of nitrogens with zero attached hydrogens (tertiary/aromatic N) is 2. The summed E-state index contributed by atoms with van der Waals surface area (Å²) in [7, 11) is 1.63. The van der Waals surface area contributed by atoms with E-state index in [1.807, 2.05) is 4.90 Å². The third-order valence-corrected chi connectivity index (χ3v) is 3.73. The molecule has 0 aromatic carbocycles. The molecule has 1 saturated heterocycles. The topological polar surface area (TPSA) is 32.8 Å². The van der Waals surface area contributed by atoms with Gasteiger partial charge >= 0.3 is 0 Å². The van der Waals surface area contributed by atoms with E-state index in [0.717, 1.165) is 19.6 Å². The summed E-state index contributed by atoms with van der Waals surface area (Å²) in [4.78, 5) is 16.5. The maximum atomic E-state index is 12.1. The predicted octanol–water partition coefficient (Wildman–Crippen LogP) is 1.77. The van der Waals surface area contributed by atoms with Crippen LogP contribution in [0.15, 0.2) is 12.2 Å². The highest BCUT2D eigenvalue weighted by Gasteiger charge is 2.31. The monoisotopic (exact) mass is 268 g/mol. The van der Waals surface area contributed by atoms with Crippen molar-refractivity contribution < 1.29 is 9.53 Å². The first kappa shape index (κ1) is 16.2. The Labute approximate surface area is 117 Å². The Balaban J connectivity index is 2.63. The number of carbonyl (C=O) groups is 1. The molecule has 4 nitrogen and oxygen atoms in total. The summed E-state index contributed by atoms with van der Waals surface area (Å²) < 4.78 is 4.92. The summed E-state index contributed by atoms with van der Waals surface area (Å²) in [6.45, 7) is 12.0. The van der Waals surface area contributed by atoms with Gasteiger partial charge in [0.2, 0.25) is 5.91 Å². The van der Waals surface area contributed by atoms with E-state index < -0.39 is 0 Å². The minimum absolute atomic E-state index is 0.103. The summed E-state index contributed by atoms with van der Waals surface area (Å²) in [5.41, 5.74) is 0. The average molecular weight is 268 g/mol. The predicted molar refractivity (Wildman–Crippen MR) is 78.1 cm³/mol. The van der Waals surface area contributed by atoms with Crippen molar-refractivity contribution in [2.75, 3.05) is 33.4 Å². The van der Waals surface area contributed by atoms with Gasteiger partial charge in [0.1, 0.15) is 0 Å². The first-order valence-corrected chi connectivity index (χ1v) is 7.17. The lowest BCUT2D eigenvalue weighted by atomic mass is 9.98. The molecule has 1 fully saturated rings. The summed E-state index contributed by atoms with van der Waals surface area (Å²) in [5, 5.41) is 0. The normalized spacial score (nSPS) is 21.8. The van der Waals surface area contributed by atoms with Crippen molar-refractivity contribution >= 4 is 5.91 Å². The molecule has 1 aliphatic heterocycles. The first-order valence-electron chi connectivity index (χ1n) is 7.17. The van der Waals surface area contributed by atoms with Gasteiger partial charge in [0.05, 0.1) is 6.61 Å². The van der Waals surface area contributed by atoms with E-state index in [2.05, 4.69) is 32.6 Å². The zero-order valence-corrected chi connectivity index (χ0v) is 12.9. The second-order valence-electron chi connectivity index (χ2n) is 5.78. The number of hydrogen-bond donors (Lipinski definition) is 0. The molecule has 0 aromatic rings. The highest BCUT2D eigenvalue weighted by atomic mass is 16.5. The Morgan fingerprint density at radius 3 is 2.53 bits per heavy atom. The number of piperazine rings is 1. The van der Waals surface area contributed by atoms with E-state index in [1.165, 1.54) is 0 Å². The quantitative estimate of drug-likeness (QED) is 0.712. The van der Waals surface area contributed by atoms with Crippen LogP contribution < -0.4 is 0 Å². The van der Waals surface area contributed by atoms with Gasteiger partial charge in [0, 0.05) is 44.9 Å². The molecule has 1 heterocycles. The Morgan fingerprint density at radius 1 is 1.32 bits per heavy atom. The molecule has 0 saturated carbocycles. The summed E-state index contributed by atoms with van der Waals surface area (Å²) in [6, 6.07) is 0.988. The summed E-state index contributed by atoms with van der Waals surface area (Å²) >= 11 is 0. The molecule has 1 amide bonds. The molecule has 1 unspecified atom stereocenters. The molecule has 0 aliphatic carbocycles. The van der Waals surface area contributed by atoms with Gasteiger partial charge in [-0.15, -0.1) is 0 Å². The number of carbonyl (C=O) groups excluding carboxylic acids is 1. The van der Waals surface area contributed by atoms with Gasteiger partial charge in [-0.1, -0.05) is 19.9 Å². The lowest BCUT2D eigenvalue weighted by Crippen LogP contribution is -2.58. The Hall–Kier alpha value is -0.870. The molecule has 0 spiro atoms. The highest BCUT2D eigenvalue weighted by Crippen LogP contribution is 2.19. The van der Waals surface area contributed by atoms with Crippen molar-refractivity contribution in [1.29, 1.82) is 0 Å². The molecule has 110 valence electrons. The van der Waals surface area contributed by atoms with Crippen LogP contribution in [0.4, 0.5) is 0 Å². The minimum atomic E-state index is 0.103. The van der Waals surface area contributed by atoms with Gasteiger partial charge in [0.15, 0.2) is 0 Å². The number of amides is 1. The number of rotatable bonds is 5. The highest BCUT2D eigenvalue weighted by molar-refractivity contribution is 5.87. The fraction of sp³-hybridized carbons (Fsp3) is 0.800. The zero-order chi connectivity index (χ0) is 14.4. The molecule has 0 bridgehead atoms. The maximum Gasteiger partial charge on any atom is 0.246 e. The first-order chi connectivity index (χ1) is 8.97. The SMILES string of the molecule is COC/C=C/C(=O)N1CCN(C(C)C)C(C(C)C)C1. The lowest BCUT2D eigenvalue weighted by molar-refractivity contribution is -0.130. The summed E-state index contributed by atoms with van der Waals surface area (Å²) in [6.07, 6.45) is 3.41. The smallest absolute Gasteiger partial charge is 0.246 e. The van der Waals surface area contributed by atoms with Crippen molar-refractivity contribution in [2.24, 2.45) is 5.92 Å². The van der Waals surface area contributed by atoms with Crippen LogP contribution in [0, 0.1) is 5.92 Å². The van der Waals surface area contributed by atoms with E-state index in [0.29, 0.717) is 24.6 Å². The van der Waals surface area contributed by atoms with E-state index in [4.69, 9.17) is 4.74 Å². The molecule has 1 aliphatic rings. The van der Waals surface area contributed by atoms with Crippen LogP contribution in [0.25, 0.3) is 0 Å². The molecular weight excluding hydrogens is 240 g/mol. The minimum Gasteiger partial charge on any atom is -0.381 e. The van der Waals surface area contributed by atoms with Crippen molar-refractivity contribution in [3.05, 3.63) is 12.2 Å². The number of hydrogen-bond acceptors (Lipinski definition) is 3. The standard InChI is InChI=1S/C15H28N2O2/c1-12(2)14-11-16(8-9-17(14)13(3)4)15(18)7-6-10-19-5/h6-7,12-14H,8-11H2,1-5H3/b7-6+. The zero-order valence-electron chi connectivity index (χ0n) is 12.9. The van der Waals surface area contributed by atoms with Gasteiger partial charge in [-0.2, -0.15) is 0 Å². The number of ether oxygens (including phenoxy) is 1. The largest absolute Gasteiger partial charge is 0.381 e. The van der Waals surface area contributed by atoms with E-state index in [9.17, 15) is 4.79 Å². The number of methoxy groups -OCH3 is 1. The van der Waals surface area contributed by atoms with Gasteiger partial charge in [0.25, 0.3) is 0 Å². The van der Waals surface area contributed by atoms with Crippen LogP contribution in [-0.4, -0.2) is 61.1 Å². The van der Waals surface area contributed by atoms with Gasteiger partial charge in [-0.25, -0.2) is 0 Å². The third kappa shape index (κ3) is 4.62. The molecule has 0 aromatic heterocycles. The van der Waals surface area contributed by atoms with Crippen LogP contribution in [0.5, 0.6) is 0 Å². The second-order valence-corrected chi connectivity index (χ2v) is 5.78. The second kappa shape index (κ2) is 7.65. The van der Waals surface area contributed by atoms with E-state index in [-0.39, 0.29) is 5.91 Å². The summed E-state index contributed by atoms with van der Waals surface area (Å²) in [5.74, 6) is 0.659. The molecule has 19 heavy (non-hydrogen) atoms. The van der Waals surface area contributed by atoms with Gasteiger partial charge < -0.3 is 9.64 Å². The van der Waals surface area contributed by atoms with Crippen molar-refractivity contribution in [3.63, 3.8) is 0 Å². The van der Waals surface area contributed by atoms with Crippen LogP contribution in [-0.2, 0) is 9.53 Å². The van der Waals surface area contributed by atoms with Crippen LogP contribution in [0.1, 0.15) is 27.7 Å². The molecule has 4 heteroatoms. The maximum absolute atomic E-state index is 12.1. The Kier molecular flexibility index (Phi) is 6.52. The Morgan fingerprint density at radius 2 is 2.00 bits per heavy atom. The average Bonchev–Trinajstić information content (AvgIpc) is 2.38. The molecule has 1 rings (SSSR count). The van der Waals surface area contributed by atoms with Gasteiger partial charge in [-0.3, -0.25) is 9.69 Å². The van der Waals surface area contributed by atoms with Crippen molar-refractivity contribution in [3.8, 4) is 0 Å². The van der Waals surface area contributed by atoms with Crippen molar-refractivity contribution in [1.82, 2.24) is 9.80 Å². The van der Waals surface area contributed by atoms with Crippen molar-refractivity contribution in [2.45, 2.75) is 39.8 Å². The van der Waals surface area contributed by atoms with E-state index in [1.54, 1.807) is 19.3 Å². The Bertz CT molecular complexity index is 313. The molecular formula is C15H28N2O2. The molecule has 0 radical (unpaired) electrons. The van der Waals surface area contributed by atoms with Crippen LogP contribution >= 0.6 is 0 Å². The third-order valence-electron chi connectivity index (χ3n) is 3.73. The van der Waals surface area contributed by atoms with E-state index >= 15 is 0 Å². The lowest BCUT2D eigenvalue weighted by Gasteiger charge is -2.45. The molecule has 0 N–H and O–H groups in total. The van der Waals surface area contributed by atoms with Gasteiger partial charge in [-0.05, 0) is 19.8 Å². The fourth-order valence-electron chi connectivity index (χ4n) is 2.61.